The van der Waals surface area contributed by atoms with Gasteiger partial charge in [0.05, 0.1) is 9.79 Å². The van der Waals surface area contributed by atoms with Crippen LogP contribution < -0.4 is 5.32 Å². The van der Waals surface area contributed by atoms with E-state index in [4.69, 9.17) is 16.0 Å². The molecule has 1 aliphatic heterocycles. The first kappa shape index (κ1) is 18.3. The van der Waals surface area contributed by atoms with E-state index in [1.54, 1.807) is 48.5 Å². The van der Waals surface area contributed by atoms with Crippen LogP contribution in [0.4, 0.5) is 0 Å². The van der Waals surface area contributed by atoms with Crippen LogP contribution in [-0.4, -0.2) is 15.0 Å². The van der Waals surface area contributed by atoms with E-state index in [1.807, 2.05) is 6.92 Å². The molecule has 0 saturated carbocycles. The van der Waals surface area contributed by atoms with Gasteiger partial charge in [0.25, 0.3) is 0 Å². The molecule has 1 aliphatic rings. The maximum Gasteiger partial charge on any atom is 0.206 e. The first-order valence-corrected chi connectivity index (χ1v) is 9.56. The molecule has 132 valence electrons. The second kappa shape index (κ2) is 6.32. The Morgan fingerprint density at radius 1 is 1.12 bits per heavy atom. The van der Waals surface area contributed by atoms with E-state index in [1.165, 1.54) is 0 Å². The number of benzene rings is 2. The Bertz CT molecular complexity index is 1030. The van der Waals surface area contributed by atoms with E-state index in [-0.39, 0.29) is 22.2 Å². The van der Waals surface area contributed by atoms with E-state index in [9.17, 15) is 8.42 Å². The average molecular weight is 398 g/mol. The van der Waals surface area contributed by atoms with E-state index >= 15 is 0 Å². The summed E-state index contributed by atoms with van der Waals surface area (Å²) < 4.78 is 31.6. The minimum absolute atomic E-state index is 0. The number of alkyl halides is 1. The van der Waals surface area contributed by atoms with Gasteiger partial charge in [-0.1, -0.05) is 29.8 Å². The van der Waals surface area contributed by atoms with Crippen LogP contribution >= 0.6 is 24.0 Å². The molecular formula is C18H17Cl2NO3S. The van der Waals surface area contributed by atoms with E-state index in [0.29, 0.717) is 5.58 Å². The minimum atomic E-state index is -3.58. The fourth-order valence-corrected chi connectivity index (χ4v) is 4.83. The molecule has 7 heteroatoms. The zero-order chi connectivity index (χ0) is 16.9. The third-order valence-corrected chi connectivity index (χ3v) is 6.46. The maximum absolute atomic E-state index is 12.8. The van der Waals surface area contributed by atoms with Crippen molar-refractivity contribution in [3.8, 4) is 0 Å². The lowest BCUT2D eigenvalue weighted by atomic mass is 9.99. The van der Waals surface area contributed by atoms with Gasteiger partial charge in [-0.3, -0.25) is 5.32 Å². The van der Waals surface area contributed by atoms with Gasteiger partial charge in [0.15, 0.2) is 0 Å². The van der Waals surface area contributed by atoms with Crippen LogP contribution in [0.15, 0.2) is 62.7 Å². The highest BCUT2D eigenvalue weighted by Crippen LogP contribution is 2.40. The predicted octanol–water partition coefficient (Wildman–Crippen LogP) is 4.24. The van der Waals surface area contributed by atoms with Gasteiger partial charge in [-0.25, -0.2) is 8.42 Å². The summed E-state index contributed by atoms with van der Waals surface area (Å²) in [5.41, 5.74) is 1.48. The van der Waals surface area contributed by atoms with Crippen molar-refractivity contribution in [2.75, 3.05) is 6.54 Å². The number of halogens is 2. The molecule has 0 bridgehead atoms. The molecule has 3 aromatic rings. The summed E-state index contributed by atoms with van der Waals surface area (Å²) in [5, 5.41) is 3.98. The number of sulfone groups is 1. The molecule has 0 amide bonds. The van der Waals surface area contributed by atoms with Crippen molar-refractivity contribution in [2.24, 2.45) is 0 Å². The second-order valence-electron chi connectivity index (χ2n) is 6.05. The van der Waals surface area contributed by atoms with Crippen molar-refractivity contribution in [1.29, 1.82) is 0 Å². The zero-order valence-corrected chi connectivity index (χ0v) is 15.8. The van der Waals surface area contributed by atoms with Crippen LogP contribution in [0.1, 0.15) is 18.2 Å². The number of nitrogens with one attached hydrogen (secondary N) is 1. The lowest BCUT2D eigenvalue weighted by Gasteiger charge is -2.28. The van der Waals surface area contributed by atoms with Gasteiger partial charge in [-0.05, 0) is 37.3 Å². The van der Waals surface area contributed by atoms with E-state index in [0.717, 1.165) is 29.7 Å². The molecule has 2 heterocycles. The van der Waals surface area contributed by atoms with E-state index < -0.39 is 14.8 Å². The van der Waals surface area contributed by atoms with Crippen molar-refractivity contribution in [3.63, 3.8) is 0 Å². The van der Waals surface area contributed by atoms with Crippen LogP contribution in [0.3, 0.4) is 0 Å². The van der Waals surface area contributed by atoms with Gasteiger partial charge in [0.1, 0.15) is 16.3 Å². The number of furan rings is 1. The van der Waals surface area contributed by atoms with Crippen LogP contribution in [-0.2, 0) is 21.3 Å². The molecule has 25 heavy (non-hydrogen) atoms. The number of hydrogen-bond donors (Lipinski definition) is 1. The topological polar surface area (TPSA) is 59.3 Å². The predicted molar refractivity (Wildman–Crippen MR) is 100 cm³/mol. The van der Waals surface area contributed by atoms with E-state index in [2.05, 4.69) is 5.32 Å². The summed E-state index contributed by atoms with van der Waals surface area (Å²) in [6, 6.07) is 13.4. The molecule has 0 aliphatic carbocycles. The third-order valence-electron chi connectivity index (χ3n) is 4.37. The summed E-state index contributed by atoms with van der Waals surface area (Å²) in [6.07, 6.45) is 0.729. The van der Waals surface area contributed by atoms with Crippen molar-refractivity contribution < 1.29 is 12.8 Å². The molecule has 0 spiro atoms. The normalized spacial score (nSPS) is 20.1. The summed E-state index contributed by atoms with van der Waals surface area (Å²) in [4.78, 5) is -0.259. The largest absolute Gasteiger partial charge is 0.461 e. The smallest absolute Gasteiger partial charge is 0.206 e. The molecule has 0 fully saturated rings. The fourth-order valence-electron chi connectivity index (χ4n) is 3.22. The van der Waals surface area contributed by atoms with Gasteiger partial charge in [-0.15, -0.1) is 12.4 Å². The van der Waals surface area contributed by atoms with Gasteiger partial charge < -0.3 is 4.42 Å². The Kier molecular flexibility index (Phi) is 4.62. The highest BCUT2D eigenvalue weighted by Gasteiger charge is 2.35. The summed E-state index contributed by atoms with van der Waals surface area (Å²) in [6.45, 7) is 2.59. The Morgan fingerprint density at radius 2 is 1.84 bits per heavy atom. The van der Waals surface area contributed by atoms with Crippen molar-refractivity contribution in [3.05, 3.63) is 59.9 Å². The van der Waals surface area contributed by atoms with Crippen molar-refractivity contribution in [1.82, 2.24) is 5.32 Å². The van der Waals surface area contributed by atoms with Gasteiger partial charge in [0.2, 0.25) is 9.84 Å². The highest BCUT2D eigenvalue weighted by atomic mass is 35.5. The Labute approximate surface area is 157 Å². The third kappa shape index (κ3) is 2.95. The fraction of sp³-hybridized carbons (Fsp3) is 0.222. The number of rotatable bonds is 2. The maximum atomic E-state index is 12.8. The molecule has 1 atom stereocenters. The monoisotopic (exact) mass is 397 g/mol. The van der Waals surface area contributed by atoms with Crippen LogP contribution in [0.25, 0.3) is 11.0 Å². The highest BCUT2D eigenvalue weighted by molar-refractivity contribution is 7.91. The molecule has 1 N–H and O–H groups in total. The first-order chi connectivity index (χ1) is 11.4. The van der Waals surface area contributed by atoms with Gasteiger partial charge in [0, 0.05) is 23.9 Å². The molecule has 2 aromatic carbocycles. The Morgan fingerprint density at radius 3 is 2.56 bits per heavy atom. The molecule has 1 aromatic heterocycles. The summed E-state index contributed by atoms with van der Waals surface area (Å²) >= 11 is 6.59. The lowest BCUT2D eigenvalue weighted by molar-refractivity contribution is 0.431. The molecule has 4 rings (SSSR count). The zero-order valence-electron chi connectivity index (χ0n) is 13.5. The van der Waals surface area contributed by atoms with Crippen LogP contribution in [0, 0.1) is 0 Å². The van der Waals surface area contributed by atoms with Gasteiger partial charge in [-0.2, -0.15) is 0 Å². The van der Waals surface area contributed by atoms with Crippen molar-refractivity contribution in [2.45, 2.75) is 28.1 Å². The summed E-state index contributed by atoms with van der Waals surface area (Å²) in [7, 11) is -3.58. The van der Waals surface area contributed by atoms with Crippen LogP contribution in [0.5, 0.6) is 0 Å². The quantitative estimate of drug-likeness (QED) is 0.518. The summed E-state index contributed by atoms with van der Waals surface area (Å²) in [5.74, 6) is 0.815. The molecular weight excluding hydrogens is 381 g/mol. The SMILES string of the molecule is CC1(Cl)NCCc2oc3ccc(S(=O)(=O)c4ccccc4)cc3c21.Cl. The second-order valence-corrected chi connectivity index (χ2v) is 8.76. The molecule has 0 saturated heterocycles. The molecule has 4 nitrogen and oxygen atoms in total. The molecule has 0 radical (unpaired) electrons. The van der Waals surface area contributed by atoms with Crippen molar-refractivity contribution >= 4 is 44.8 Å². The molecule has 1 unspecified atom stereocenters. The lowest BCUT2D eigenvalue weighted by Crippen LogP contribution is -2.39. The minimum Gasteiger partial charge on any atom is -0.461 e. The van der Waals surface area contributed by atoms with Crippen LogP contribution in [0.2, 0.25) is 0 Å². The number of hydrogen-bond acceptors (Lipinski definition) is 4. The Hall–Kier alpha value is -1.53. The number of fused-ring (bicyclic) bond motifs is 3. The standard InChI is InChI=1S/C18H16ClNO3S.ClH/c1-18(19)17-14-11-13(24(21,22)12-5-3-2-4-6-12)7-8-15(14)23-16(17)9-10-20-18;/h2-8,11,20H,9-10H2,1H3;1H. The van der Waals surface area contributed by atoms with Gasteiger partial charge >= 0.3 is 0 Å². The Balaban J connectivity index is 0.00000182. The average Bonchev–Trinajstić information content (AvgIpc) is 2.94. The first-order valence-electron chi connectivity index (χ1n) is 7.69.